The van der Waals surface area contributed by atoms with E-state index in [2.05, 4.69) is 33.7 Å². The standard InChI is InChI=1S/C26H32N6O2/c1-26(2)9-12-32(13-10-26)11-4-14-34-21-8-5-17(15-29-21)18-6-7-19-22(23(18)27)24-20(16-28-19)31(3)25(33)30-24/h5-8,15-16H,4,9-14,27H2,1-3H3,(H,30,33). The maximum absolute atomic E-state index is 12.1. The number of nitrogens with one attached hydrogen (secondary N) is 1. The number of hydrogen-bond acceptors (Lipinski definition) is 6. The van der Waals surface area contributed by atoms with E-state index < -0.39 is 0 Å². The molecule has 8 heteroatoms. The first kappa shape index (κ1) is 22.4. The largest absolute Gasteiger partial charge is 0.478 e. The summed E-state index contributed by atoms with van der Waals surface area (Å²) in [7, 11) is 1.71. The second-order valence-corrected chi connectivity index (χ2v) is 10.0. The number of benzene rings is 1. The number of nitrogens with two attached hydrogens (primary N) is 1. The van der Waals surface area contributed by atoms with Crippen molar-refractivity contribution in [1.82, 2.24) is 24.4 Å². The summed E-state index contributed by atoms with van der Waals surface area (Å²) in [6.45, 7) is 8.77. The minimum atomic E-state index is -0.193. The Morgan fingerprint density at radius 3 is 2.65 bits per heavy atom. The Morgan fingerprint density at radius 1 is 1.12 bits per heavy atom. The molecule has 1 saturated heterocycles. The van der Waals surface area contributed by atoms with Crippen LogP contribution in [0.4, 0.5) is 5.69 Å². The molecule has 4 aromatic rings. The van der Waals surface area contributed by atoms with Crippen molar-refractivity contribution in [3.05, 3.63) is 47.1 Å². The highest BCUT2D eigenvalue weighted by Crippen LogP contribution is 2.35. The Kier molecular flexibility index (Phi) is 5.77. The number of hydrogen-bond donors (Lipinski definition) is 2. The third-order valence-corrected chi connectivity index (χ3v) is 7.08. The Morgan fingerprint density at radius 2 is 1.91 bits per heavy atom. The van der Waals surface area contributed by atoms with Crippen molar-refractivity contribution in [2.24, 2.45) is 12.5 Å². The number of ether oxygens (including phenoxy) is 1. The van der Waals surface area contributed by atoms with Crippen molar-refractivity contribution < 1.29 is 4.74 Å². The van der Waals surface area contributed by atoms with E-state index >= 15 is 0 Å². The molecule has 1 aliphatic heterocycles. The van der Waals surface area contributed by atoms with E-state index in [1.807, 2.05) is 24.3 Å². The predicted octanol–water partition coefficient (Wildman–Crippen LogP) is 3.95. The minimum Gasteiger partial charge on any atom is -0.478 e. The van der Waals surface area contributed by atoms with Gasteiger partial charge in [0.15, 0.2) is 0 Å². The molecule has 1 fully saturated rings. The van der Waals surface area contributed by atoms with Gasteiger partial charge in [-0.1, -0.05) is 19.9 Å². The van der Waals surface area contributed by atoms with Crippen LogP contribution < -0.4 is 16.2 Å². The number of piperidine rings is 1. The number of fused-ring (bicyclic) bond motifs is 3. The van der Waals surface area contributed by atoms with Gasteiger partial charge in [0.25, 0.3) is 0 Å². The molecule has 5 rings (SSSR count). The van der Waals surface area contributed by atoms with Gasteiger partial charge in [-0.15, -0.1) is 0 Å². The molecule has 0 aliphatic carbocycles. The smallest absolute Gasteiger partial charge is 0.326 e. The number of aryl methyl sites for hydroxylation is 1. The zero-order valence-corrected chi connectivity index (χ0v) is 20.1. The molecule has 0 bridgehead atoms. The van der Waals surface area contributed by atoms with Crippen molar-refractivity contribution in [3.8, 4) is 17.0 Å². The molecule has 0 saturated carbocycles. The number of anilines is 1. The third kappa shape index (κ3) is 4.25. The monoisotopic (exact) mass is 460 g/mol. The number of rotatable bonds is 6. The number of aromatic amines is 1. The topological polar surface area (TPSA) is 102 Å². The van der Waals surface area contributed by atoms with E-state index in [9.17, 15) is 4.79 Å². The molecule has 0 unspecified atom stereocenters. The number of pyridine rings is 2. The molecule has 0 spiro atoms. The molecule has 0 atom stereocenters. The summed E-state index contributed by atoms with van der Waals surface area (Å²) in [5.41, 5.74) is 11.3. The second-order valence-electron chi connectivity index (χ2n) is 10.0. The lowest BCUT2D eigenvalue weighted by Gasteiger charge is -2.36. The molecule has 8 nitrogen and oxygen atoms in total. The summed E-state index contributed by atoms with van der Waals surface area (Å²) >= 11 is 0. The van der Waals surface area contributed by atoms with Gasteiger partial charge >= 0.3 is 5.69 Å². The van der Waals surface area contributed by atoms with E-state index in [-0.39, 0.29) is 5.69 Å². The van der Waals surface area contributed by atoms with Crippen molar-refractivity contribution in [2.75, 3.05) is 32.0 Å². The summed E-state index contributed by atoms with van der Waals surface area (Å²) in [6, 6.07) is 7.70. The number of aromatic nitrogens is 4. The first-order valence-electron chi connectivity index (χ1n) is 11.9. The lowest BCUT2D eigenvalue weighted by Crippen LogP contribution is -2.38. The second kappa shape index (κ2) is 8.76. The van der Waals surface area contributed by atoms with E-state index in [4.69, 9.17) is 10.5 Å². The summed E-state index contributed by atoms with van der Waals surface area (Å²) in [5, 5.41) is 0.745. The molecular formula is C26H32N6O2. The van der Waals surface area contributed by atoms with Gasteiger partial charge in [0.1, 0.15) is 0 Å². The fourth-order valence-electron chi connectivity index (χ4n) is 4.71. The van der Waals surface area contributed by atoms with E-state index in [0.717, 1.165) is 40.5 Å². The van der Waals surface area contributed by atoms with Gasteiger partial charge in [0, 0.05) is 42.4 Å². The van der Waals surface area contributed by atoms with Gasteiger partial charge in [0.2, 0.25) is 5.88 Å². The first-order valence-corrected chi connectivity index (χ1v) is 11.9. The SMILES string of the molecule is Cn1c(=O)[nH]c2c3c(N)c(-c4ccc(OCCCN5CCC(C)(C)CC5)nc4)ccc3ncc21. The zero-order chi connectivity index (χ0) is 23.9. The zero-order valence-electron chi connectivity index (χ0n) is 20.1. The van der Waals surface area contributed by atoms with Gasteiger partial charge in [-0.25, -0.2) is 9.78 Å². The van der Waals surface area contributed by atoms with Crippen LogP contribution in [0.1, 0.15) is 33.1 Å². The van der Waals surface area contributed by atoms with Crippen molar-refractivity contribution in [1.29, 1.82) is 0 Å². The number of imidazole rings is 1. The highest BCUT2D eigenvalue weighted by molar-refractivity contribution is 6.11. The third-order valence-electron chi connectivity index (χ3n) is 7.08. The maximum atomic E-state index is 12.1. The van der Waals surface area contributed by atoms with Gasteiger partial charge in [-0.05, 0) is 49.9 Å². The quantitative estimate of drug-likeness (QED) is 0.334. The van der Waals surface area contributed by atoms with Crippen LogP contribution in [-0.2, 0) is 7.05 Å². The number of H-pyrrole nitrogens is 1. The summed E-state index contributed by atoms with van der Waals surface area (Å²) in [4.78, 5) is 26.5. The lowest BCUT2D eigenvalue weighted by atomic mass is 9.83. The normalized spacial score (nSPS) is 16.3. The van der Waals surface area contributed by atoms with Crippen molar-refractivity contribution in [3.63, 3.8) is 0 Å². The van der Waals surface area contributed by atoms with E-state index in [0.29, 0.717) is 29.1 Å². The minimum absolute atomic E-state index is 0.193. The molecule has 4 heterocycles. The van der Waals surface area contributed by atoms with Crippen LogP contribution in [0.5, 0.6) is 5.88 Å². The number of nitrogen functional groups attached to an aromatic ring is 1. The van der Waals surface area contributed by atoms with Crippen LogP contribution in [0.2, 0.25) is 0 Å². The van der Waals surface area contributed by atoms with Gasteiger partial charge < -0.3 is 20.4 Å². The predicted molar refractivity (Wildman–Crippen MR) is 136 cm³/mol. The van der Waals surface area contributed by atoms with Crippen LogP contribution in [0.25, 0.3) is 33.1 Å². The first-order chi connectivity index (χ1) is 16.3. The Bertz CT molecular complexity index is 1380. The average molecular weight is 461 g/mol. The Balaban J connectivity index is 1.27. The van der Waals surface area contributed by atoms with Gasteiger partial charge in [0.05, 0.1) is 35.0 Å². The molecule has 3 N–H and O–H groups in total. The van der Waals surface area contributed by atoms with Crippen LogP contribution in [0.15, 0.2) is 41.5 Å². The Hall–Kier alpha value is -3.39. The Labute approximate surface area is 198 Å². The van der Waals surface area contributed by atoms with Crippen molar-refractivity contribution in [2.45, 2.75) is 33.1 Å². The van der Waals surface area contributed by atoms with Crippen molar-refractivity contribution >= 4 is 27.6 Å². The van der Waals surface area contributed by atoms with Crippen LogP contribution in [0.3, 0.4) is 0 Å². The summed E-state index contributed by atoms with van der Waals surface area (Å²) < 4.78 is 7.42. The molecule has 0 amide bonds. The number of likely N-dealkylation sites (tertiary alicyclic amines) is 1. The molecule has 0 radical (unpaired) electrons. The van der Waals surface area contributed by atoms with Crippen LogP contribution in [0, 0.1) is 5.41 Å². The molecular weight excluding hydrogens is 428 g/mol. The van der Waals surface area contributed by atoms with E-state index in [1.165, 1.54) is 30.5 Å². The van der Waals surface area contributed by atoms with Crippen LogP contribution in [-0.4, -0.2) is 50.7 Å². The molecule has 178 valence electrons. The van der Waals surface area contributed by atoms with Crippen LogP contribution >= 0.6 is 0 Å². The molecule has 1 aliphatic rings. The molecule has 34 heavy (non-hydrogen) atoms. The lowest BCUT2D eigenvalue weighted by molar-refractivity contribution is 0.125. The highest BCUT2D eigenvalue weighted by Gasteiger charge is 2.24. The summed E-state index contributed by atoms with van der Waals surface area (Å²) in [5.74, 6) is 0.610. The summed E-state index contributed by atoms with van der Waals surface area (Å²) in [6.07, 6.45) is 6.97. The fraction of sp³-hybridized carbons (Fsp3) is 0.423. The number of nitrogens with zero attached hydrogens (tertiary/aromatic N) is 4. The van der Waals surface area contributed by atoms with Gasteiger partial charge in [-0.2, -0.15) is 0 Å². The fourth-order valence-corrected chi connectivity index (χ4v) is 4.71. The highest BCUT2D eigenvalue weighted by atomic mass is 16.5. The molecule has 1 aromatic carbocycles. The molecule has 3 aromatic heterocycles. The van der Waals surface area contributed by atoms with E-state index in [1.54, 1.807) is 19.4 Å². The maximum Gasteiger partial charge on any atom is 0.326 e. The van der Waals surface area contributed by atoms with Gasteiger partial charge in [-0.3, -0.25) is 9.55 Å². The average Bonchev–Trinajstić information content (AvgIpc) is 3.12.